The summed E-state index contributed by atoms with van der Waals surface area (Å²) in [5.74, 6) is -0.346. The average Bonchev–Trinajstić information content (AvgIpc) is 3.54. The average molecular weight is 426 g/mol. The summed E-state index contributed by atoms with van der Waals surface area (Å²) in [5.41, 5.74) is 0.0719. The number of nitrogens with one attached hydrogen (secondary N) is 1. The predicted molar refractivity (Wildman–Crippen MR) is 113 cm³/mol. The number of nitrogens with zero attached hydrogens (tertiary/aromatic N) is 2. The lowest BCUT2D eigenvalue weighted by molar-refractivity contribution is -0.132. The minimum absolute atomic E-state index is 0.0487. The van der Waals surface area contributed by atoms with E-state index in [9.17, 15) is 9.59 Å². The van der Waals surface area contributed by atoms with Crippen LogP contribution in [-0.4, -0.2) is 48.2 Å². The molecule has 8 heteroatoms. The van der Waals surface area contributed by atoms with Crippen molar-refractivity contribution < 1.29 is 19.1 Å². The smallest absolute Gasteiger partial charge is 0.236 e. The van der Waals surface area contributed by atoms with Gasteiger partial charge in [-0.1, -0.05) is 36.3 Å². The van der Waals surface area contributed by atoms with Crippen LogP contribution in [0.1, 0.15) is 25.7 Å². The van der Waals surface area contributed by atoms with Crippen LogP contribution in [0.25, 0.3) is 10.2 Å². The van der Waals surface area contributed by atoms with Gasteiger partial charge >= 0.3 is 0 Å². The van der Waals surface area contributed by atoms with Gasteiger partial charge in [0.25, 0.3) is 0 Å². The zero-order valence-electron chi connectivity index (χ0n) is 16.7. The zero-order valence-corrected chi connectivity index (χ0v) is 17.5. The van der Waals surface area contributed by atoms with E-state index >= 15 is 0 Å². The summed E-state index contributed by atoms with van der Waals surface area (Å²) in [6, 6.07) is 5.94. The lowest BCUT2D eigenvalue weighted by atomic mass is 9.76. The molecule has 2 saturated heterocycles. The number of rotatable bonds is 4. The maximum absolute atomic E-state index is 13.5. The van der Waals surface area contributed by atoms with Crippen LogP contribution in [0.4, 0.5) is 5.13 Å². The van der Waals surface area contributed by atoms with E-state index in [2.05, 4.69) is 10.3 Å². The van der Waals surface area contributed by atoms with E-state index in [-0.39, 0.29) is 24.0 Å². The molecular formula is C22H23N3O4S. The Kier molecular flexibility index (Phi) is 3.98. The van der Waals surface area contributed by atoms with E-state index < -0.39 is 17.4 Å². The minimum atomic E-state index is -0.727. The molecule has 1 aromatic heterocycles. The molecular weight excluding hydrogens is 402 g/mol. The molecule has 4 aliphatic rings. The molecule has 1 spiro atoms. The molecule has 2 aromatic rings. The molecule has 1 N–H and O–H groups in total. The number of methoxy groups -OCH3 is 1. The topological polar surface area (TPSA) is 80.8 Å². The summed E-state index contributed by atoms with van der Waals surface area (Å²) >= 11 is 1.47. The second-order valence-electron chi connectivity index (χ2n) is 8.64. The fraction of sp³-hybridized carbons (Fsp3) is 0.500. The predicted octanol–water partition coefficient (Wildman–Crippen LogP) is 2.65. The summed E-state index contributed by atoms with van der Waals surface area (Å²) in [7, 11) is 1.62. The second-order valence-corrected chi connectivity index (χ2v) is 9.65. The van der Waals surface area contributed by atoms with Crippen molar-refractivity contribution in [1.29, 1.82) is 0 Å². The molecule has 1 saturated carbocycles. The van der Waals surface area contributed by atoms with Crippen LogP contribution in [-0.2, 0) is 14.3 Å². The van der Waals surface area contributed by atoms with Crippen LogP contribution < -0.4 is 15.0 Å². The Morgan fingerprint density at radius 2 is 2.20 bits per heavy atom. The van der Waals surface area contributed by atoms with E-state index in [1.165, 1.54) is 11.3 Å². The highest BCUT2D eigenvalue weighted by Gasteiger charge is 2.67. The van der Waals surface area contributed by atoms with Gasteiger partial charge in [0.05, 0.1) is 41.8 Å². The minimum Gasteiger partial charge on any atom is -0.497 e. The van der Waals surface area contributed by atoms with Crippen molar-refractivity contribution in [3.05, 3.63) is 30.4 Å². The number of thiazole rings is 1. The van der Waals surface area contributed by atoms with Gasteiger partial charge in [0.1, 0.15) is 11.4 Å². The number of carbonyl (C=O) groups is 2. The van der Waals surface area contributed by atoms with Gasteiger partial charge in [-0.15, -0.1) is 0 Å². The molecule has 3 fully saturated rings. The summed E-state index contributed by atoms with van der Waals surface area (Å²) in [4.78, 5) is 33.0. The number of hydrogen-bond donors (Lipinski definition) is 1. The third-order valence-electron chi connectivity index (χ3n) is 6.92. The standard InChI is InChI=1S/C22H23N3O4S/c1-28-13-6-7-16-14(10-13)24-21(30-16)25-11-22-9-8-15(29-22)17(18(22)20(25)27)19(26)23-12-4-2-3-5-12/h6-10,12,15,17-18H,2-5,11H2,1H3,(H,23,26)/t15-,17-,18-,22-/m1/s1. The molecule has 2 amide bonds. The van der Waals surface area contributed by atoms with Crippen LogP contribution >= 0.6 is 11.3 Å². The van der Waals surface area contributed by atoms with Gasteiger partial charge in [0, 0.05) is 12.1 Å². The van der Waals surface area contributed by atoms with Crippen LogP contribution in [0.2, 0.25) is 0 Å². The first-order valence-electron chi connectivity index (χ1n) is 10.5. The molecule has 1 aromatic carbocycles. The van der Waals surface area contributed by atoms with Crippen molar-refractivity contribution in [3.63, 3.8) is 0 Å². The molecule has 3 aliphatic heterocycles. The zero-order chi connectivity index (χ0) is 20.5. The van der Waals surface area contributed by atoms with E-state index in [1.807, 2.05) is 30.4 Å². The first-order valence-corrected chi connectivity index (χ1v) is 11.3. The van der Waals surface area contributed by atoms with Gasteiger partial charge in [-0.25, -0.2) is 4.98 Å². The van der Waals surface area contributed by atoms with Crippen molar-refractivity contribution in [2.45, 2.75) is 43.4 Å². The Hall–Kier alpha value is -2.45. The molecule has 4 heterocycles. The molecule has 1 aliphatic carbocycles. The molecule has 30 heavy (non-hydrogen) atoms. The molecule has 2 bridgehead atoms. The molecule has 0 unspecified atom stereocenters. The summed E-state index contributed by atoms with van der Waals surface area (Å²) < 4.78 is 12.5. The third-order valence-corrected chi connectivity index (χ3v) is 7.98. The number of aromatic nitrogens is 1. The van der Waals surface area contributed by atoms with Gasteiger partial charge in [0.15, 0.2) is 5.13 Å². The highest BCUT2D eigenvalue weighted by atomic mass is 32.1. The highest BCUT2D eigenvalue weighted by Crippen LogP contribution is 2.53. The largest absolute Gasteiger partial charge is 0.497 e. The number of amides is 2. The normalized spacial score (nSPS) is 32.4. The Morgan fingerprint density at radius 1 is 1.37 bits per heavy atom. The summed E-state index contributed by atoms with van der Waals surface area (Å²) in [6.45, 7) is 0.396. The molecule has 0 radical (unpaired) electrons. The fourth-order valence-electron chi connectivity index (χ4n) is 5.46. The third kappa shape index (κ3) is 2.56. The van der Waals surface area contributed by atoms with Crippen molar-refractivity contribution in [2.24, 2.45) is 11.8 Å². The van der Waals surface area contributed by atoms with Crippen LogP contribution in [0.15, 0.2) is 30.4 Å². The van der Waals surface area contributed by atoms with Gasteiger partial charge in [-0.05, 0) is 25.0 Å². The maximum Gasteiger partial charge on any atom is 0.236 e. The lowest BCUT2D eigenvalue weighted by Gasteiger charge is -2.24. The van der Waals surface area contributed by atoms with Gasteiger partial charge < -0.3 is 14.8 Å². The Morgan fingerprint density at radius 3 is 3.00 bits per heavy atom. The Balaban J connectivity index is 1.30. The summed E-state index contributed by atoms with van der Waals surface area (Å²) in [6.07, 6.45) is 7.96. The SMILES string of the molecule is COc1ccc2sc(N3C[C@@]45C=C[C@@H](O4)[C@@H](C(=O)NC4CCCC4)[C@@H]5C3=O)nc2c1. The summed E-state index contributed by atoms with van der Waals surface area (Å²) in [5, 5.41) is 3.81. The quantitative estimate of drug-likeness (QED) is 0.762. The van der Waals surface area contributed by atoms with Crippen molar-refractivity contribution in [1.82, 2.24) is 10.3 Å². The van der Waals surface area contributed by atoms with Crippen molar-refractivity contribution in [3.8, 4) is 5.75 Å². The van der Waals surface area contributed by atoms with E-state index in [4.69, 9.17) is 9.47 Å². The van der Waals surface area contributed by atoms with Crippen LogP contribution in [0, 0.1) is 11.8 Å². The number of carbonyl (C=O) groups excluding carboxylic acids is 2. The number of ether oxygens (including phenoxy) is 2. The van der Waals surface area contributed by atoms with Crippen molar-refractivity contribution >= 4 is 38.5 Å². The van der Waals surface area contributed by atoms with E-state index in [1.54, 1.807) is 12.0 Å². The van der Waals surface area contributed by atoms with Crippen LogP contribution in [0.5, 0.6) is 5.75 Å². The van der Waals surface area contributed by atoms with E-state index in [0.29, 0.717) is 11.7 Å². The number of fused-ring (bicyclic) bond motifs is 2. The number of hydrogen-bond acceptors (Lipinski definition) is 6. The highest BCUT2D eigenvalue weighted by molar-refractivity contribution is 7.22. The molecule has 7 nitrogen and oxygen atoms in total. The molecule has 156 valence electrons. The monoisotopic (exact) mass is 425 g/mol. The maximum atomic E-state index is 13.5. The van der Waals surface area contributed by atoms with E-state index in [0.717, 1.165) is 41.6 Å². The van der Waals surface area contributed by atoms with Gasteiger partial charge in [0.2, 0.25) is 11.8 Å². The van der Waals surface area contributed by atoms with Gasteiger partial charge in [-0.2, -0.15) is 0 Å². The first kappa shape index (κ1) is 18.3. The number of anilines is 1. The second kappa shape index (κ2) is 6.52. The first-order chi connectivity index (χ1) is 14.6. The van der Waals surface area contributed by atoms with Crippen LogP contribution in [0.3, 0.4) is 0 Å². The molecule has 4 atom stereocenters. The Labute approximate surface area is 178 Å². The fourth-order valence-corrected chi connectivity index (χ4v) is 6.42. The van der Waals surface area contributed by atoms with Gasteiger partial charge in [-0.3, -0.25) is 14.5 Å². The lowest BCUT2D eigenvalue weighted by Crippen LogP contribution is -2.46. The molecule has 6 rings (SSSR count). The van der Waals surface area contributed by atoms with Crippen molar-refractivity contribution in [2.75, 3.05) is 18.6 Å². The number of benzene rings is 1. The Bertz CT molecular complexity index is 1080.